The fourth-order valence-electron chi connectivity index (χ4n) is 1.35. The summed E-state index contributed by atoms with van der Waals surface area (Å²) in [4.78, 5) is 10.2. The van der Waals surface area contributed by atoms with Gasteiger partial charge < -0.3 is 4.74 Å². The van der Waals surface area contributed by atoms with E-state index in [1.165, 1.54) is 42.5 Å². The average molecular weight is 268 g/mol. The summed E-state index contributed by atoms with van der Waals surface area (Å²) in [6.45, 7) is 0. The first-order valence-electron chi connectivity index (χ1n) is 4.93. The second kappa shape index (κ2) is 5.01. The van der Waals surface area contributed by atoms with Crippen LogP contribution in [0.15, 0.2) is 42.5 Å². The molecule has 0 aliphatic rings. The molecule has 0 unspecified atom stereocenters. The number of rotatable bonds is 3. The predicted molar refractivity (Wildman–Crippen MR) is 64.6 cm³/mol. The molecule has 0 saturated heterocycles. The Morgan fingerprint density at radius 1 is 1.17 bits per heavy atom. The number of ether oxygens (including phenoxy) is 1. The molecule has 0 amide bonds. The second-order valence-corrected chi connectivity index (χ2v) is 3.86. The molecule has 0 aromatic heterocycles. The van der Waals surface area contributed by atoms with Gasteiger partial charge in [-0.2, -0.15) is 0 Å². The van der Waals surface area contributed by atoms with E-state index in [0.29, 0.717) is 5.75 Å². The SMILES string of the molecule is O=[N+]([O-])c1cc(Cl)ccc1Oc1ccc(F)cc1. The van der Waals surface area contributed by atoms with Crippen molar-refractivity contribution in [1.29, 1.82) is 0 Å². The van der Waals surface area contributed by atoms with E-state index < -0.39 is 10.7 Å². The number of hydrogen-bond donors (Lipinski definition) is 0. The molecule has 0 bridgehead atoms. The van der Waals surface area contributed by atoms with Gasteiger partial charge in [-0.1, -0.05) is 11.6 Å². The van der Waals surface area contributed by atoms with Crippen LogP contribution < -0.4 is 4.74 Å². The summed E-state index contributed by atoms with van der Waals surface area (Å²) in [5, 5.41) is 11.1. The van der Waals surface area contributed by atoms with Gasteiger partial charge >= 0.3 is 5.69 Å². The van der Waals surface area contributed by atoms with Crippen LogP contribution in [0.2, 0.25) is 5.02 Å². The molecule has 18 heavy (non-hydrogen) atoms. The monoisotopic (exact) mass is 267 g/mol. The molecule has 0 spiro atoms. The first-order chi connectivity index (χ1) is 8.56. The maximum Gasteiger partial charge on any atom is 0.313 e. The van der Waals surface area contributed by atoms with Crippen molar-refractivity contribution >= 4 is 17.3 Å². The Bertz CT molecular complexity index is 586. The van der Waals surface area contributed by atoms with E-state index in [0.717, 1.165) is 0 Å². The lowest BCUT2D eigenvalue weighted by Crippen LogP contribution is -1.93. The highest BCUT2D eigenvalue weighted by Crippen LogP contribution is 2.33. The Labute approximate surface area is 107 Å². The zero-order valence-electron chi connectivity index (χ0n) is 8.97. The van der Waals surface area contributed by atoms with Crippen molar-refractivity contribution in [2.45, 2.75) is 0 Å². The molecule has 2 rings (SSSR count). The van der Waals surface area contributed by atoms with Gasteiger partial charge in [0, 0.05) is 11.1 Å². The standard InChI is InChI=1S/C12H7ClFNO3/c13-8-1-6-12(11(7-8)15(16)17)18-10-4-2-9(14)3-5-10/h1-7H. The van der Waals surface area contributed by atoms with E-state index in [4.69, 9.17) is 16.3 Å². The molecule has 2 aromatic rings. The summed E-state index contributed by atoms with van der Waals surface area (Å²) in [5.74, 6) is -0.0502. The summed E-state index contributed by atoms with van der Waals surface area (Å²) in [7, 11) is 0. The molecule has 0 saturated carbocycles. The smallest absolute Gasteiger partial charge is 0.313 e. The summed E-state index contributed by atoms with van der Waals surface area (Å²) in [6.07, 6.45) is 0. The molecule has 0 atom stereocenters. The zero-order chi connectivity index (χ0) is 13.1. The third-order valence-electron chi connectivity index (χ3n) is 2.16. The van der Waals surface area contributed by atoms with Gasteiger partial charge in [0.2, 0.25) is 5.75 Å². The highest BCUT2D eigenvalue weighted by atomic mass is 35.5. The Hall–Kier alpha value is -2.14. The summed E-state index contributed by atoms with van der Waals surface area (Å²) in [5.41, 5.74) is -0.244. The van der Waals surface area contributed by atoms with Crippen LogP contribution in [-0.2, 0) is 0 Å². The van der Waals surface area contributed by atoms with E-state index in [-0.39, 0.29) is 16.5 Å². The van der Waals surface area contributed by atoms with Crippen LogP contribution in [0.4, 0.5) is 10.1 Å². The molecule has 0 aliphatic heterocycles. The fraction of sp³-hybridized carbons (Fsp3) is 0. The third kappa shape index (κ3) is 2.75. The summed E-state index contributed by atoms with van der Waals surface area (Å²) >= 11 is 5.68. The van der Waals surface area contributed by atoms with E-state index in [9.17, 15) is 14.5 Å². The van der Waals surface area contributed by atoms with Gasteiger partial charge in [-0.25, -0.2) is 4.39 Å². The summed E-state index contributed by atoms with van der Waals surface area (Å²) in [6, 6.07) is 9.24. The van der Waals surface area contributed by atoms with Crippen LogP contribution in [0.25, 0.3) is 0 Å². The predicted octanol–water partition coefficient (Wildman–Crippen LogP) is 4.18. The first-order valence-corrected chi connectivity index (χ1v) is 5.31. The molecule has 4 nitrogen and oxygen atoms in total. The van der Waals surface area contributed by atoms with Gasteiger partial charge in [0.25, 0.3) is 0 Å². The van der Waals surface area contributed by atoms with E-state index >= 15 is 0 Å². The van der Waals surface area contributed by atoms with Gasteiger partial charge in [0.1, 0.15) is 11.6 Å². The number of benzene rings is 2. The van der Waals surface area contributed by atoms with E-state index in [1.54, 1.807) is 0 Å². The molecule has 6 heteroatoms. The highest BCUT2D eigenvalue weighted by Gasteiger charge is 2.16. The maximum absolute atomic E-state index is 12.7. The Balaban J connectivity index is 2.34. The van der Waals surface area contributed by atoms with Crippen LogP contribution in [0.5, 0.6) is 11.5 Å². The largest absolute Gasteiger partial charge is 0.450 e. The third-order valence-corrected chi connectivity index (χ3v) is 2.39. The normalized spacial score (nSPS) is 10.1. The van der Waals surface area contributed by atoms with Crippen molar-refractivity contribution in [2.24, 2.45) is 0 Å². The molecule has 0 radical (unpaired) electrons. The number of nitrogens with zero attached hydrogens (tertiary/aromatic N) is 1. The number of hydrogen-bond acceptors (Lipinski definition) is 3. The van der Waals surface area contributed by atoms with Gasteiger partial charge in [0.05, 0.1) is 4.92 Å². The van der Waals surface area contributed by atoms with Crippen LogP contribution in [0.1, 0.15) is 0 Å². The van der Waals surface area contributed by atoms with Crippen molar-refractivity contribution in [3.8, 4) is 11.5 Å². The van der Waals surface area contributed by atoms with Gasteiger partial charge in [-0.3, -0.25) is 10.1 Å². The molecular weight excluding hydrogens is 261 g/mol. The van der Waals surface area contributed by atoms with Crippen LogP contribution in [0.3, 0.4) is 0 Å². The van der Waals surface area contributed by atoms with Crippen LogP contribution in [0, 0.1) is 15.9 Å². The molecule has 0 N–H and O–H groups in total. The highest BCUT2D eigenvalue weighted by molar-refractivity contribution is 6.30. The minimum atomic E-state index is -0.593. The molecule has 0 fully saturated rings. The van der Waals surface area contributed by atoms with Crippen molar-refractivity contribution < 1.29 is 14.1 Å². The van der Waals surface area contributed by atoms with Crippen LogP contribution in [-0.4, -0.2) is 4.92 Å². The molecule has 2 aromatic carbocycles. The Morgan fingerprint density at radius 2 is 1.83 bits per heavy atom. The molecule has 92 valence electrons. The second-order valence-electron chi connectivity index (χ2n) is 3.43. The molecule has 0 heterocycles. The maximum atomic E-state index is 12.7. The minimum absolute atomic E-state index is 0.0519. The Kier molecular flexibility index (Phi) is 3.43. The summed E-state index contributed by atoms with van der Waals surface area (Å²) < 4.78 is 18.0. The lowest BCUT2D eigenvalue weighted by atomic mass is 10.3. The lowest BCUT2D eigenvalue weighted by molar-refractivity contribution is -0.385. The van der Waals surface area contributed by atoms with Crippen molar-refractivity contribution in [2.75, 3.05) is 0 Å². The number of nitro benzene ring substituents is 1. The van der Waals surface area contributed by atoms with Gasteiger partial charge in [0.15, 0.2) is 0 Å². The quantitative estimate of drug-likeness (QED) is 0.619. The molecular formula is C12H7ClFNO3. The first kappa shape index (κ1) is 12.3. The average Bonchev–Trinajstić information content (AvgIpc) is 2.34. The van der Waals surface area contributed by atoms with Crippen molar-refractivity contribution in [3.63, 3.8) is 0 Å². The van der Waals surface area contributed by atoms with Gasteiger partial charge in [-0.15, -0.1) is 0 Å². The van der Waals surface area contributed by atoms with E-state index in [2.05, 4.69) is 0 Å². The van der Waals surface area contributed by atoms with E-state index in [1.807, 2.05) is 0 Å². The molecule has 0 aliphatic carbocycles. The lowest BCUT2D eigenvalue weighted by Gasteiger charge is -2.06. The fourth-order valence-corrected chi connectivity index (χ4v) is 1.52. The van der Waals surface area contributed by atoms with Crippen molar-refractivity contribution in [1.82, 2.24) is 0 Å². The van der Waals surface area contributed by atoms with Crippen molar-refractivity contribution in [3.05, 3.63) is 63.4 Å². The number of nitro groups is 1. The zero-order valence-corrected chi connectivity index (χ0v) is 9.73. The van der Waals surface area contributed by atoms with Gasteiger partial charge in [-0.05, 0) is 36.4 Å². The van der Waals surface area contributed by atoms with Crippen LogP contribution >= 0.6 is 11.6 Å². The number of halogens is 2. The minimum Gasteiger partial charge on any atom is -0.450 e. The Morgan fingerprint density at radius 3 is 2.44 bits per heavy atom. The topological polar surface area (TPSA) is 52.4 Å².